The molecule has 1 aromatic carbocycles. The highest BCUT2D eigenvalue weighted by Crippen LogP contribution is 2.10. The summed E-state index contributed by atoms with van der Waals surface area (Å²) in [5, 5.41) is 4.82. The zero-order valence-electron chi connectivity index (χ0n) is 10.6. The van der Waals surface area contributed by atoms with Gasteiger partial charge in [-0.3, -0.25) is 9.59 Å². The SMILES string of the molecule is [B]C(=O)NC(C)C(=O)Nc1ccc(C(=O)OC)cc1. The summed E-state index contributed by atoms with van der Waals surface area (Å²) in [5.74, 6) is -1.64. The summed E-state index contributed by atoms with van der Waals surface area (Å²) in [6.07, 6.45) is 0. The van der Waals surface area contributed by atoms with Crippen LogP contribution >= 0.6 is 0 Å². The molecule has 0 aromatic heterocycles. The average Bonchev–Trinajstić information content (AvgIpc) is 2.37. The summed E-state index contributed by atoms with van der Waals surface area (Å²) in [5.41, 5.74) is 0.875. The van der Waals surface area contributed by atoms with Crippen LogP contribution in [-0.2, 0) is 9.53 Å². The lowest BCUT2D eigenvalue weighted by atomic mass is 10.1. The molecular formula is C12H13BN2O4. The molecule has 0 fully saturated rings. The number of anilines is 1. The van der Waals surface area contributed by atoms with Crippen molar-refractivity contribution in [2.45, 2.75) is 13.0 Å². The standard InChI is InChI=1S/C12H13BN2O4/c1-7(14-12(13)18)10(16)15-9-5-3-8(4-6-9)11(17)19-2/h3-7H,1-2H3,(H,14,18)(H,15,16). The first kappa shape index (κ1) is 14.8. The normalized spacial score (nSPS) is 11.3. The zero-order chi connectivity index (χ0) is 14.4. The largest absolute Gasteiger partial charge is 0.465 e. The molecule has 0 aliphatic heterocycles. The third kappa shape index (κ3) is 4.46. The van der Waals surface area contributed by atoms with Crippen LogP contribution in [0.2, 0.25) is 0 Å². The molecular weight excluding hydrogens is 247 g/mol. The molecule has 1 rings (SSSR count). The van der Waals surface area contributed by atoms with Gasteiger partial charge in [0.2, 0.25) is 13.8 Å². The molecule has 1 unspecified atom stereocenters. The van der Waals surface area contributed by atoms with Crippen molar-refractivity contribution in [3.05, 3.63) is 29.8 Å². The van der Waals surface area contributed by atoms with E-state index >= 15 is 0 Å². The van der Waals surface area contributed by atoms with Crippen molar-refractivity contribution in [1.82, 2.24) is 5.32 Å². The molecule has 0 saturated heterocycles. The number of esters is 1. The molecule has 6 nitrogen and oxygen atoms in total. The monoisotopic (exact) mass is 260 g/mol. The van der Waals surface area contributed by atoms with Crippen LogP contribution < -0.4 is 10.6 Å². The van der Waals surface area contributed by atoms with Gasteiger partial charge < -0.3 is 15.4 Å². The second-order valence-corrected chi connectivity index (χ2v) is 3.79. The molecule has 1 aromatic rings. The topological polar surface area (TPSA) is 84.5 Å². The summed E-state index contributed by atoms with van der Waals surface area (Å²) in [7, 11) is 6.20. The molecule has 2 amide bonds. The Morgan fingerprint density at radius 1 is 1.21 bits per heavy atom. The van der Waals surface area contributed by atoms with Crippen LogP contribution in [-0.4, -0.2) is 38.7 Å². The molecule has 2 radical (unpaired) electrons. The van der Waals surface area contributed by atoms with Crippen LogP contribution in [0.1, 0.15) is 17.3 Å². The second-order valence-electron chi connectivity index (χ2n) is 3.79. The molecule has 7 heteroatoms. The Balaban J connectivity index is 2.65. The zero-order valence-corrected chi connectivity index (χ0v) is 10.6. The lowest BCUT2D eigenvalue weighted by Gasteiger charge is -2.13. The number of rotatable bonds is 4. The number of ether oxygens (including phenoxy) is 1. The van der Waals surface area contributed by atoms with Crippen LogP contribution in [0.3, 0.4) is 0 Å². The van der Waals surface area contributed by atoms with E-state index in [4.69, 9.17) is 7.85 Å². The number of nitrogens with one attached hydrogen (secondary N) is 2. The van der Waals surface area contributed by atoms with Crippen LogP contribution in [0, 0.1) is 0 Å². The van der Waals surface area contributed by atoms with Crippen LogP contribution in [0.15, 0.2) is 24.3 Å². The van der Waals surface area contributed by atoms with Gasteiger partial charge in [-0.15, -0.1) is 0 Å². The first-order chi connectivity index (χ1) is 8.93. The van der Waals surface area contributed by atoms with E-state index in [2.05, 4.69) is 15.4 Å². The fourth-order valence-electron chi connectivity index (χ4n) is 1.34. The fourth-order valence-corrected chi connectivity index (χ4v) is 1.34. The molecule has 0 aliphatic carbocycles. The van der Waals surface area contributed by atoms with Crippen molar-refractivity contribution < 1.29 is 19.1 Å². The lowest BCUT2D eigenvalue weighted by molar-refractivity contribution is -0.117. The summed E-state index contributed by atoms with van der Waals surface area (Å²) in [4.78, 5) is 33.5. The maximum Gasteiger partial charge on any atom is 0.337 e. The number of carbonyl (C=O) groups is 3. The van der Waals surface area contributed by atoms with Crippen molar-refractivity contribution in [2.75, 3.05) is 12.4 Å². The molecule has 2 N–H and O–H groups in total. The van der Waals surface area contributed by atoms with E-state index < -0.39 is 23.7 Å². The minimum absolute atomic E-state index is 0.379. The summed E-state index contributed by atoms with van der Waals surface area (Å²) >= 11 is 0. The third-order valence-electron chi connectivity index (χ3n) is 2.33. The average molecular weight is 260 g/mol. The van der Waals surface area contributed by atoms with E-state index in [9.17, 15) is 14.4 Å². The molecule has 19 heavy (non-hydrogen) atoms. The van der Waals surface area contributed by atoms with Crippen molar-refractivity contribution >= 4 is 31.2 Å². The fraction of sp³-hybridized carbons (Fsp3) is 0.250. The van der Waals surface area contributed by atoms with Crippen molar-refractivity contribution in [1.29, 1.82) is 0 Å². The Kier molecular flexibility index (Phi) is 5.11. The van der Waals surface area contributed by atoms with Crippen molar-refractivity contribution in [3.8, 4) is 0 Å². The van der Waals surface area contributed by atoms with Gasteiger partial charge in [0.1, 0.15) is 6.04 Å². The molecule has 0 aliphatic rings. The van der Waals surface area contributed by atoms with E-state index in [1.54, 1.807) is 12.1 Å². The smallest absolute Gasteiger partial charge is 0.337 e. The Labute approximate surface area is 111 Å². The van der Waals surface area contributed by atoms with E-state index in [-0.39, 0.29) is 0 Å². The highest BCUT2D eigenvalue weighted by molar-refractivity contribution is 6.57. The molecule has 98 valence electrons. The molecule has 0 bridgehead atoms. The number of hydrogen-bond donors (Lipinski definition) is 2. The van der Waals surface area contributed by atoms with Crippen molar-refractivity contribution in [3.63, 3.8) is 0 Å². The summed E-state index contributed by atoms with van der Waals surface area (Å²) in [6.45, 7) is 1.50. The number of hydrogen-bond acceptors (Lipinski definition) is 4. The van der Waals surface area contributed by atoms with Crippen molar-refractivity contribution in [2.24, 2.45) is 0 Å². The van der Waals surface area contributed by atoms with Gasteiger partial charge in [0.15, 0.2) is 5.81 Å². The molecule has 0 heterocycles. The Morgan fingerprint density at radius 2 is 1.79 bits per heavy atom. The highest BCUT2D eigenvalue weighted by Gasteiger charge is 2.13. The van der Waals surface area contributed by atoms with Crippen LogP contribution in [0.4, 0.5) is 10.5 Å². The van der Waals surface area contributed by atoms with Crippen LogP contribution in [0.5, 0.6) is 0 Å². The lowest BCUT2D eigenvalue weighted by Crippen LogP contribution is -2.41. The Morgan fingerprint density at radius 3 is 2.26 bits per heavy atom. The van der Waals surface area contributed by atoms with E-state index in [0.717, 1.165) is 0 Å². The van der Waals surface area contributed by atoms with Gasteiger partial charge in [-0.05, 0) is 31.2 Å². The van der Waals surface area contributed by atoms with Gasteiger partial charge in [0, 0.05) is 5.69 Å². The second kappa shape index (κ2) is 6.58. The number of amides is 2. The quantitative estimate of drug-likeness (QED) is 0.615. The van der Waals surface area contributed by atoms with Gasteiger partial charge in [0.25, 0.3) is 0 Å². The summed E-state index contributed by atoms with van der Waals surface area (Å²) < 4.78 is 4.55. The van der Waals surface area contributed by atoms with E-state index in [1.165, 1.54) is 26.2 Å². The molecule has 1 atom stereocenters. The minimum atomic E-state index is -0.774. The predicted octanol–water partition coefficient (Wildman–Crippen LogP) is 0.678. The van der Waals surface area contributed by atoms with E-state index in [1.807, 2.05) is 0 Å². The minimum Gasteiger partial charge on any atom is -0.465 e. The first-order valence-electron chi connectivity index (χ1n) is 5.49. The first-order valence-corrected chi connectivity index (χ1v) is 5.49. The highest BCUT2D eigenvalue weighted by atomic mass is 16.5. The summed E-state index contributed by atoms with van der Waals surface area (Å²) in [6, 6.07) is 5.40. The number of benzene rings is 1. The molecule has 0 saturated carbocycles. The van der Waals surface area contributed by atoms with Gasteiger partial charge in [-0.1, -0.05) is 0 Å². The predicted molar refractivity (Wildman–Crippen MR) is 70.2 cm³/mol. The number of methoxy groups -OCH3 is 1. The van der Waals surface area contributed by atoms with Gasteiger partial charge in [-0.25, -0.2) is 4.79 Å². The number of carbonyl (C=O) groups excluding carboxylic acids is 3. The van der Waals surface area contributed by atoms with Gasteiger partial charge in [0.05, 0.1) is 12.7 Å². The van der Waals surface area contributed by atoms with Gasteiger partial charge in [-0.2, -0.15) is 0 Å². The van der Waals surface area contributed by atoms with E-state index in [0.29, 0.717) is 11.3 Å². The Bertz CT molecular complexity index is 487. The van der Waals surface area contributed by atoms with Crippen LogP contribution in [0.25, 0.3) is 0 Å². The molecule has 0 spiro atoms. The maximum atomic E-state index is 11.6. The third-order valence-corrected chi connectivity index (χ3v) is 2.33. The van der Waals surface area contributed by atoms with Gasteiger partial charge >= 0.3 is 5.97 Å². The Hall–Kier alpha value is -2.31. The maximum absolute atomic E-state index is 11.6.